The van der Waals surface area contributed by atoms with Gasteiger partial charge in [-0.05, 0) is 19.1 Å². The number of aromatic nitrogens is 1. The van der Waals surface area contributed by atoms with Crippen LogP contribution in [0.3, 0.4) is 0 Å². The van der Waals surface area contributed by atoms with E-state index >= 15 is 0 Å². The second-order valence-corrected chi connectivity index (χ2v) is 7.17. The lowest BCUT2D eigenvalue weighted by atomic mass is 10.2. The van der Waals surface area contributed by atoms with Crippen molar-refractivity contribution in [3.8, 4) is 11.3 Å². The Morgan fingerprint density at radius 1 is 1.29 bits per heavy atom. The van der Waals surface area contributed by atoms with E-state index in [1.165, 1.54) is 23.1 Å². The molecular formula is C15H14Cl2N2O3S2. The number of carbonyl (C=O) groups is 2. The predicted molar refractivity (Wildman–Crippen MR) is 100 cm³/mol. The van der Waals surface area contributed by atoms with E-state index in [4.69, 9.17) is 27.9 Å². The van der Waals surface area contributed by atoms with Crippen LogP contribution < -0.4 is 5.32 Å². The van der Waals surface area contributed by atoms with Gasteiger partial charge < -0.3 is 10.1 Å². The molecule has 1 amide bonds. The molecule has 9 heteroatoms. The number of rotatable bonds is 7. The Bertz CT molecular complexity index is 737. The molecule has 0 atom stereocenters. The largest absolute Gasteiger partial charge is 0.465 e. The third kappa shape index (κ3) is 5.66. The molecule has 0 radical (unpaired) electrons. The third-order valence-corrected chi connectivity index (χ3v) is 5.13. The Morgan fingerprint density at radius 2 is 2.08 bits per heavy atom. The molecule has 24 heavy (non-hydrogen) atoms. The van der Waals surface area contributed by atoms with E-state index in [-0.39, 0.29) is 23.4 Å². The number of halogens is 2. The number of hydrogen-bond donors (Lipinski definition) is 1. The molecule has 0 bridgehead atoms. The molecule has 1 aromatic carbocycles. The number of anilines is 1. The number of nitrogens with zero attached hydrogens (tertiary/aromatic N) is 1. The fraction of sp³-hybridized carbons (Fsp3) is 0.267. The number of nitrogens with one attached hydrogen (secondary N) is 1. The molecule has 5 nitrogen and oxygen atoms in total. The van der Waals surface area contributed by atoms with Crippen LogP contribution in [0.4, 0.5) is 5.13 Å². The van der Waals surface area contributed by atoms with Gasteiger partial charge in [0.15, 0.2) is 5.13 Å². The number of hydrogen-bond acceptors (Lipinski definition) is 6. The maximum atomic E-state index is 11.8. The standard InChI is InChI=1S/C15H14Cl2N2O3S2/c1-2-22-14(21)8-23-7-13(20)19-15-18-12(6-24-15)9-3-4-10(16)11(17)5-9/h3-6H,2,7-8H2,1H3,(H,18,19,20). The molecule has 0 saturated carbocycles. The molecule has 0 aliphatic rings. The number of ether oxygens (including phenoxy) is 1. The summed E-state index contributed by atoms with van der Waals surface area (Å²) >= 11 is 14.4. The molecule has 0 aliphatic heterocycles. The average Bonchev–Trinajstić information content (AvgIpc) is 2.98. The van der Waals surface area contributed by atoms with Crippen molar-refractivity contribution in [3.63, 3.8) is 0 Å². The minimum atomic E-state index is -0.327. The van der Waals surface area contributed by atoms with E-state index in [0.717, 1.165) is 5.56 Å². The molecule has 2 rings (SSSR count). The molecule has 128 valence electrons. The average molecular weight is 405 g/mol. The van der Waals surface area contributed by atoms with Crippen LogP contribution in [0.2, 0.25) is 10.0 Å². The first-order valence-electron chi connectivity index (χ1n) is 6.93. The first kappa shape index (κ1) is 19.1. The van der Waals surface area contributed by atoms with Gasteiger partial charge in [-0.3, -0.25) is 9.59 Å². The zero-order chi connectivity index (χ0) is 17.5. The van der Waals surface area contributed by atoms with Gasteiger partial charge >= 0.3 is 5.97 Å². The third-order valence-electron chi connectivity index (χ3n) is 2.72. The first-order chi connectivity index (χ1) is 11.5. The summed E-state index contributed by atoms with van der Waals surface area (Å²) in [6.07, 6.45) is 0. The van der Waals surface area contributed by atoms with Crippen molar-refractivity contribution in [2.75, 3.05) is 23.4 Å². The molecule has 0 aliphatic carbocycles. The normalized spacial score (nSPS) is 10.5. The monoisotopic (exact) mass is 404 g/mol. The predicted octanol–water partition coefficient (Wildman–Crippen LogP) is 4.35. The van der Waals surface area contributed by atoms with Crippen molar-refractivity contribution in [1.82, 2.24) is 4.98 Å². The Labute approximate surface area is 157 Å². The summed E-state index contributed by atoms with van der Waals surface area (Å²) in [6.45, 7) is 2.07. The van der Waals surface area contributed by atoms with Crippen LogP contribution in [0.25, 0.3) is 11.3 Å². The van der Waals surface area contributed by atoms with Crippen LogP contribution in [0.1, 0.15) is 6.92 Å². The maximum absolute atomic E-state index is 11.8. The molecule has 0 spiro atoms. The maximum Gasteiger partial charge on any atom is 0.315 e. The number of carbonyl (C=O) groups excluding carboxylic acids is 2. The summed E-state index contributed by atoms with van der Waals surface area (Å²) in [6, 6.07) is 5.23. The number of esters is 1. The van der Waals surface area contributed by atoms with Crippen LogP contribution >= 0.6 is 46.3 Å². The Kier molecular flexibility index (Phi) is 7.36. The minimum absolute atomic E-state index is 0.146. The van der Waals surface area contributed by atoms with Crippen LogP contribution in [0, 0.1) is 0 Å². The van der Waals surface area contributed by atoms with E-state index < -0.39 is 0 Å². The quantitative estimate of drug-likeness (QED) is 0.694. The zero-order valence-electron chi connectivity index (χ0n) is 12.7. The van der Waals surface area contributed by atoms with Gasteiger partial charge in [-0.15, -0.1) is 23.1 Å². The topological polar surface area (TPSA) is 68.3 Å². The molecular weight excluding hydrogens is 391 g/mol. The van der Waals surface area contributed by atoms with Crippen molar-refractivity contribution >= 4 is 63.3 Å². The number of amides is 1. The van der Waals surface area contributed by atoms with Crippen LogP contribution in [0.15, 0.2) is 23.6 Å². The van der Waals surface area contributed by atoms with Gasteiger partial charge in [0.05, 0.1) is 33.9 Å². The first-order valence-corrected chi connectivity index (χ1v) is 9.72. The highest BCUT2D eigenvalue weighted by molar-refractivity contribution is 8.00. The zero-order valence-corrected chi connectivity index (χ0v) is 15.8. The van der Waals surface area contributed by atoms with Crippen molar-refractivity contribution in [1.29, 1.82) is 0 Å². The lowest BCUT2D eigenvalue weighted by Gasteiger charge is -2.02. The summed E-state index contributed by atoms with van der Waals surface area (Å²) in [5.74, 6) is -0.250. The summed E-state index contributed by atoms with van der Waals surface area (Å²) in [5, 5.41) is 5.93. The lowest BCUT2D eigenvalue weighted by molar-refractivity contribution is -0.139. The van der Waals surface area contributed by atoms with Gasteiger partial charge in [0.1, 0.15) is 0 Å². The lowest BCUT2D eigenvalue weighted by Crippen LogP contribution is -2.16. The molecule has 1 aromatic heterocycles. The fourth-order valence-electron chi connectivity index (χ4n) is 1.70. The summed E-state index contributed by atoms with van der Waals surface area (Å²) < 4.78 is 4.79. The number of thiazole rings is 1. The molecule has 0 fully saturated rings. The summed E-state index contributed by atoms with van der Waals surface area (Å²) in [4.78, 5) is 27.4. The highest BCUT2D eigenvalue weighted by atomic mass is 35.5. The Morgan fingerprint density at radius 3 is 2.79 bits per heavy atom. The van der Waals surface area contributed by atoms with E-state index in [9.17, 15) is 9.59 Å². The van der Waals surface area contributed by atoms with Crippen molar-refractivity contribution in [2.45, 2.75) is 6.92 Å². The summed E-state index contributed by atoms with van der Waals surface area (Å²) in [5.41, 5.74) is 1.52. The van der Waals surface area contributed by atoms with Crippen molar-refractivity contribution < 1.29 is 14.3 Å². The number of benzene rings is 1. The molecule has 1 heterocycles. The molecule has 0 unspecified atom stereocenters. The van der Waals surface area contributed by atoms with Crippen molar-refractivity contribution in [2.24, 2.45) is 0 Å². The highest BCUT2D eigenvalue weighted by Gasteiger charge is 2.10. The van der Waals surface area contributed by atoms with Crippen LogP contribution in [-0.4, -0.2) is 35.0 Å². The van der Waals surface area contributed by atoms with E-state index in [2.05, 4.69) is 10.3 Å². The van der Waals surface area contributed by atoms with E-state index in [1.807, 2.05) is 11.4 Å². The van der Waals surface area contributed by atoms with Gasteiger partial charge in [0.25, 0.3) is 0 Å². The molecule has 2 aromatic rings. The highest BCUT2D eigenvalue weighted by Crippen LogP contribution is 2.30. The second-order valence-electron chi connectivity index (χ2n) is 4.51. The Hall–Kier alpha value is -1.28. The molecule has 1 N–H and O–H groups in total. The van der Waals surface area contributed by atoms with E-state index in [0.29, 0.717) is 27.5 Å². The van der Waals surface area contributed by atoms with Crippen LogP contribution in [0.5, 0.6) is 0 Å². The second kappa shape index (κ2) is 9.27. The van der Waals surface area contributed by atoms with E-state index in [1.54, 1.807) is 19.1 Å². The van der Waals surface area contributed by atoms with Crippen molar-refractivity contribution in [3.05, 3.63) is 33.6 Å². The SMILES string of the molecule is CCOC(=O)CSCC(=O)Nc1nc(-c2ccc(Cl)c(Cl)c2)cs1. The van der Waals surface area contributed by atoms with Gasteiger partial charge in [0.2, 0.25) is 5.91 Å². The van der Waals surface area contributed by atoms with Gasteiger partial charge in [0, 0.05) is 10.9 Å². The summed E-state index contributed by atoms with van der Waals surface area (Å²) in [7, 11) is 0. The van der Waals surface area contributed by atoms with Gasteiger partial charge in [-0.1, -0.05) is 29.3 Å². The van der Waals surface area contributed by atoms with Crippen LogP contribution in [-0.2, 0) is 14.3 Å². The number of thioether (sulfide) groups is 1. The van der Waals surface area contributed by atoms with Gasteiger partial charge in [-0.2, -0.15) is 0 Å². The minimum Gasteiger partial charge on any atom is -0.465 e. The smallest absolute Gasteiger partial charge is 0.315 e. The van der Waals surface area contributed by atoms with Gasteiger partial charge in [-0.25, -0.2) is 4.98 Å². The fourth-order valence-corrected chi connectivity index (χ4v) is 3.35. The Balaban J connectivity index is 1.88. The molecule has 0 saturated heterocycles.